The Labute approximate surface area is 161 Å². The summed E-state index contributed by atoms with van der Waals surface area (Å²) in [5, 5.41) is 4.65. The van der Waals surface area contributed by atoms with Crippen LogP contribution in [0.2, 0.25) is 0 Å². The Bertz CT molecular complexity index is 1110. The van der Waals surface area contributed by atoms with Gasteiger partial charge in [0.15, 0.2) is 5.11 Å². The van der Waals surface area contributed by atoms with Crippen molar-refractivity contribution in [1.29, 1.82) is 0 Å². The Hall–Kier alpha value is -2.73. The summed E-state index contributed by atoms with van der Waals surface area (Å²) in [7, 11) is 0. The Morgan fingerprint density at radius 2 is 2.07 bits per heavy atom. The van der Waals surface area contributed by atoms with Crippen LogP contribution in [0.15, 0.2) is 51.7 Å². The number of hydrogen-bond donors (Lipinski definition) is 1. The predicted molar refractivity (Wildman–Crippen MR) is 110 cm³/mol. The molecule has 0 radical (unpaired) electrons. The maximum atomic E-state index is 13.6. The zero-order valence-electron chi connectivity index (χ0n) is 15.1. The van der Waals surface area contributed by atoms with E-state index in [-0.39, 0.29) is 17.5 Å². The molecular formula is C21H19FN2O2S. The van der Waals surface area contributed by atoms with Gasteiger partial charge in [-0.15, -0.1) is 0 Å². The Morgan fingerprint density at radius 3 is 2.89 bits per heavy atom. The Morgan fingerprint density at radius 1 is 1.26 bits per heavy atom. The molecule has 1 aliphatic heterocycles. The summed E-state index contributed by atoms with van der Waals surface area (Å²) in [6, 6.07) is 12.1. The zero-order valence-corrected chi connectivity index (χ0v) is 15.9. The van der Waals surface area contributed by atoms with Crippen LogP contribution in [0.4, 0.5) is 15.8 Å². The van der Waals surface area contributed by atoms with Crippen LogP contribution in [0, 0.1) is 12.7 Å². The highest BCUT2D eigenvalue weighted by Crippen LogP contribution is 2.32. The number of halogens is 1. The second kappa shape index (κ2) is 6.78. The fourth-order valence-electron chi connectivity index (χ4n) is 3.62. The van der Waals surface area contributed by atoms with Gasteiger partial charge >= 0.3 is 5.63 Å². The minimum absolute atomic E-state index is 0.198. The molecule has 0 aliphatic carbocycles. The highest BCUT2D eigenvalue weighted by Gasteiger charge is 2.26. The summed E-state index contributed by atoms with van der Waals surface area (Å²) >= 11 is 5.65. The Balaban J connectivity index is 1.66. The number of anilines is 2. The minimum Gasteiger partial charge on any atom is -0.423 e. The minimum atomic E-state index is -0.375. The normalized spacial score (nSPS) is 16.3. The predicted octanol–water partition coefficient (Wildman–Crippen LogP) is 4.78. The van der Waals surface area contributed by atoms with Gasteiger partial charge in [0.1, 0.15) is 11.4 Å². The van der Waals surface area contributed by atoms with Crippen LogP contribution >= 0.6 is 12.2 Å². The monoisotopic (exact) mass is 382 g/mol. The van der Waals surface area contributed by atoms with Crippen LogP contribution in [0.5, 0.6) is 0 Å². The number of nitrogens with zero attached hydrogens (tertiary/aromatic N) is 1. The molecule has 0 amide bonds. The number of hydrogen-bond acceptors (Lipinski definition) is 3. The third-order valence-electron chi connectivity index (χ3n) is 4.99. The molecule has 4 rings (SSSR count). The molecule has 0 spiro atoms. The van der Waals surface area contributed by atoms with Crippen molar-refractivity contribution < 1.29 is 8.81 Å². The van der Waals surface area contributed by atoms with Crippen molar-refractivity contribution in [1.82, 2.24) is 0 Å². The van der Waals surface area contributed by atoms with E-state index in [1.54, 1.807) is 18.2 Å². The van der Waals surface area contributed by atoms with Gasteiger partial charge in [0.25, 0.3) is 0 Å². The smallest absolute Gasteiger partial charge is 0.336 e. The van der Waals surface area contributed by atoms with Crippen LogP contribution in [0.3, 0.4) is 0 Å². The molecule has 0 saturated carbocycles. The number of fused-ring (bicyclic) bond motifs is 2. The van der Waals surface area contributed by atoms with E-state index < -0.39 is 0 Å². The van der Waals surface area contributed by atoms with Crippen LogP contribution in [0.25, 0.3) is 11.0 Å². The van der Waals surface area contributed by atoms with Crippen molar-refractivity contribution in [2.45, 2.75) is 32.7 Å². The molecule has 4 nitrogen and oxygen atoms in total. The molecule has 138 valence electrons. The standard InChI is InChI=1S/C21H19FN2O2S/c1-12-9-20(25)26-19-11-16(6-7-17(12)19)23-21(27)24-13(2)3-4-14-10-15(22)5-8-18(14)24/h5-11,13H,3-4H2,1-2H3,(H,23,27). The molecule has 1 unspecified atom stereocenters. The third-order valence-corrected chi connectivity index (χ3v) is 5.29. The van der Waals surface area contributed by atoms with E-state index in [9.17, 15) is 9.18 Å². The summed E-state index contributed by atoms with van der Waals surface area (Å²) < 4.78 is 18.9. The molecule has 1 atom stereocenters. The molecule has 2 heterocycles. The first-order valence-electron chi connectivity index (χ1n) is 8.85. The lowest BCUT2D eigenvalue weighted by Gasteiger charge is -2.37. The fourth-order valence-corrected chi connectivity index (χ4v) is 4.01. The van der Waals surface area contributed by atoms with E-state index in [4.69, 9.17) is 16.6 Å². The van der Waals surface area contributed by atoms with Crippen LogP contribution in [-0.4, -0.2) is 11.2 Å². The maximum Gasteiger partial charge on any atom is 0.336 e. The van der Waals surface area contributed by atoms with Gasteiger partial charge in [0.2, 0.25) is 0 Å². The van der Waals surface area contributed by atoms with Gasteiger partial charge in [-0.25, -0.2) is 9.18 Å². The van der Waals surface area contributed by atoms with Gasteiger partial charge in [-0.1, -0.05) is 0 Å². The quantitative estimate of drug-likeness (QED) is 0.485. The van der Waals surface area contributed by atoms with Crippen molar-refractivity contribution in [3.63, 3.8) is 0 Å². The van der Waals surface area contributed by atoms with Crippen molar-refractivity contribution in [2.75, 3.05) is 10.2 Å². The second-order valence-corrected chi connectivity index (χ2v) is 7.31. The first-order chi connectivity index (χ1) is 12.9. The van der Waals surface area contributed by atoms with E-state index >= 15 is 0 Å². The highest BCUT2D eigenvalue weighted by molar-refractivity contribution is 7.80. The largest absolute Gasteiger partial charge is 0.423 e. The molecule has 0 fully saturated rings. The summed E-state index contributed by atoms with van der Waals surface area (Å²) in [5.41, 5.74) is 3.63. The van der Waals surface area contributed by atoms with Gasteiger partial charge in [0, 0.05) is 34.9 Å². The molecule has 3 aromatic rings. The molecule has 6 heteroatoms. The van der Waals surface area contributed by atoms with Gasteiger partial charge in [-0.05, 0) is 80.4 Å². The average Bonchev–Trinajstić information content (AvgIpc) is 2.61. The van der Waals surface area contributed by atoms with Gasteiger partial charge in [-0.2, -0.15) is 0 Å². The molecule has 1 N–H and O–H groups in total. The maximum absolute atomic E-state index is 13.6. The van der Waals surface area contributed by atoms with Crippen LogP contribution < -0.4 is 15.8 Å². The third kappa shape index (κ3) is 3.32. The molecule has 1 aliphatic rings. The molecular weight excluding hydrogens is 363 g/mol. The first-order valence-corrected chi connectivity index (χ1v) is 9.26. The number of benzene rings is 2. The van der Waals surface area contributed by atoms with Crippen molar-refractivity contribution >= 4 is 39.7 Å². The summed E-state index contributed by atoms with van der Waals surface area (Å²) in [5.74, 6) is -0.234. The first kappa shape index (κ1) is 17.7. The summed E-state index contributed by atoms with van der Waals surface area (Å²) in [6.07, 6.45) is 1.72. The van der Waals surface area contributed by atoms with Crippen molar-refractivity contribution in [2.24, 2.45) is 0 Å². The lowest BCUT2D eigenvalue weighted by molar-refractivity contribution is 0.560. The fraction of sp³-hybridized carbons (Fsp3) is 0.238. The van der Waals surface area contributed by atoms with Crippen LogP contribution in [-0.2, 0) is 6.42 Å². The summed E-state index contributed by atoms with van der Waals surface area (Å²) in [4.78, 5) is 13.7. The zero-order chi connectivity index (χ0) is 19.1. The topological polar surface area (TPSA) is 45.5 Å². The van der Waals surface area contributed by atoms with E-state index in [0.29, 0.717) is 10.7 Å². The number of nitrogens with one attached hydrogen (secondary N) is 1. The lowest BCUT2D eigenvalue weighted by atomic mass is 9.97. The molecule has 2 aromatic carbocycles. The Kier molecular flexibility index (Phi) is 4.44. The average molecular weight is 382 g/mol. The summed E-state index contributed by atoms with van der Waals surface area (Å²) in [6.45, 7) is 3.98. The molecule has 0 saturated heterocycles. The number of rotatable bonds is 1. The van der Waals surface area contributed by atoms with Gasteiger partial charge in [-0.3, -0.25) is 0 Å². The van der Waals surface area contributed by atoms with Crippen molar-refractivity contribution in [3.8, 4) is 0 Å². The van der Waals surface area contributed by atoms with Gasteiger partial charge < -0.3 is 14.6 Å². The number of aryl methyl sites for hydroxylation is 2. The second-order valence-electron chi connectivity index (χ2n) is 6.92. The van der Waals surface area contributed by atoms with Crippen molar-refractivity contribution in [3.05, 3.63) is 69.8 Å². The van der Waals surface area contributed by atoms with E-state index in [1.807, 2.05) is 24.0 Å². The highest BCUT2D eigenvalue weighted by atomic mass is 32.1. The van der Waals surface area contributed by atoms with E-state index in [1.165, 1.54) is 12.1 Å². The molecule has 0 bridgehead atoms. The van der Waals surface area contributed by atoms with E-state index in [2.05, 4.69) is 12.2 Å². The number of thiocarbonyl (C=S) groups is 1. The molecule has 1 aromatic heterocycles. The van der Waals surface area contributed by atoms with Crippen LogP contribution in [0.1, 0.15) is 24.5 Å². The molecule has 27 heavy (non-hydrogen) atoms. The SMILES string of the molecule is Cc1cc(=O)oc2cc(NC(=S)N3c4ccc(F)cc4CCC3C)ccc12. The van der Waals surface area contributed by atoms with E-state index in [0.717, 1.165) is 40.7 Å². The van der Waals surface area contributed by atoms with Gasteiger partial charge in [0.05, 0.1) is 0 Å². The lowest BCUT2D eigenvalue weighted by Crippen LogP contribution is -2.44.